The number of aromatic amines is 1. The second-order valence-corrected chi connectivity index (χ2v) is 9.47. The summed E-state index contributed by atoms with van der Waals surface area (Å²) >= 11 is 12.4. The number of anilines is 3. The molecule has 0 unspecified atom stereocenters. The zero-order valence-electron chi connectivity index (χ0n) is 17.9. The average molecular weight is 478 g/mol. The van der Waals surface area contributed by atoms with Crippen LogP contribution in [0.3, 0.4) is 0 Å². The molecule has 170 valence electrons. The second-order valence-electron chi connectivity index (χ2n) is 8.69. The van der Waals surface area contributed by atoms with Gasteiger partial charge in [0.25, 0.3) is 5.56 Å². The lowest BCUT2D eigenvalue weighted by Gasteiger charge is -2.41. The van der Waals surface area contributed by atoms with Crippen LogP contribution in [0.2, 0.25) is 10.0 Å². The molecule has 4 heterocycles. The van der Waals surface area contributed by atoms with Crippen LogP contribution in [0.1, 0.15) is 19.8 Å². The van der Waals surface area contributed by atoms with E-state index in [9.17, 15) is 4.79 Å². The van der Waals surface area contributed by atoms with Crippen molar-refractivity contribution in [1.29, 1.82) is 0 Å². The van der Waals surface area contributed by atoms with Gasteiger partial charge in [-0.15, -0.1) is 0 Å². The number of aryl methyl sites for hydroxylation is 1. The van der Waals surface area contributed by atoms with E-state index in [0.29, 0.717) is 58.2 Å². The van der Waals surface area contributed by atoms with Crippen molar-refractivity contribution in [2.75, 3.05) is 29.9 Å². The summed E-state index contributed by atoms with van der Waals surface area (Å²) in [6.07, 6.45) is 1.79. The summed E-state index contributed by atoms with van der Waals surface area (Å²) in [5.74, 6) is 0.915. The number of piperidine rings is 1. The number of hydrogen-bond acceptors (Lipinski definition) is 7. The summed E-state index contributed by atoms with van der Waals surface area (Å²) in [6, 6.07) is 5.30. The van der Waals surface area contributed by atoms with Gasteiger partial charge in [-0.2, -0.15) is 5.10 Å². The minimum absolute atomic E-state index is 0.0150. The van der Waals surface area contributed by atoms with Crippen LogP contribution in [0.5, 0.6) is 0 Å². The number of nitrogens with zero attached hydrogens (tertiary/aromatic N) is 4. The molecular weight excluding hydrogens is 453 g/mol. The molecule has 11 heteroatoms. The van der Waals surface area contributed by atoms with Crippen molar-refractivity contribution in [2.45, 2.75) is 31.9 Å². The highest BCUT2D eigenvalue weighted by atomic mass is 35.5. The number of fused-ring (bicyclic) bond motifs is 1. The fourth-order valence-corrected chi connectivity index (χ4v) is 5.13. The molecule has 2 aromatic heterocycles. The first kappa shape index (κ1) is 21.5. The Labute approximate surface area is 194 Å². The highest BCUT2D eigenvalue weighted by molar-refractivity contribution is 6.43. The molecule has 1 spiro atoms. The van der Waals surface area contributed by atoms with Crippen LogP contribution in [-0.2, 0) is 11.8 Å². The molecule has 0 aliphatic carbocycles. The number of aromatic nitrogens is 4. The van der Waals surface area contributed by atoms with Gasteiger partial charge < -0.3 is 25.3 Å². The first-order chi connectivity index (χ1) is 15.3. The lowest BCUT2D eigenvalue weighted by molar-refractivity contribution is 0.0974. The Morgan fingerprint density at radius 1 is 1.31 bits per heavy atom. The minimum atomic E-state index is -0.185. The Kier molecular flexibility index (Phi) is 5.32. The van der Waals surface area contributed by atoms with E-state index in [0.717, 1.165) is 12.8 Å². The quantitative estimate of drug-likeness (QED) is 0.530. The lowest BCUT2D eigenvalue weighted by Crippen LogP contribution is -2.51. The molecule has 2 aliphatic heterocycles. The molecule has 0 radical (unpaired) electrons. The standard InChI is InChI=1S/C21H25Cl2N7O2/c1-11-16(24)21(10-32-11)6-8-30(9-7-21)19-20(31)29(2)15-17(27-28-18(15)26-19)25-13-5-3-4-12(22)14(13)23/h3-5,11,16H,6-10,24H2,1-2H3,(H2,25,27,28)/t11-,16+/m0/s1. The molecule has 2 aliphatic rings. The van der Waals surface area contributed by atoms with E-state index >= 15 is 0 Å². The summed E-state index contributed by atoms with van der Waals surface area (Å²) in [7, 11) is 1.71. The first-order valence-corrected chi connectivity index (χ1v) is 11.3. The Balaban J connectivity index is 1.44. The molecule has 3 aromatic rings. The Hall–Kier alpha value is -2.33. The second kappa shape index (κ2) is 7.91. The van der Waals surface area contributed by atoms with Crippen LogP contribution in [0, 0.1) is 5.41 Å². The van der Waals surface area contributed by atoms with Gasteiger partial charge in [0.15, 0.2) is 11.6 Å². The third-order valence-corrected chi connectivity index (χ3v) is 7.70. The van der Waals surface area contributed by atoms with Crippen LogP contribution in [0.4, 0.5) is 17.3 Å². The Morgan fingerprint density at radius 3 is 2.75 bits per heavy atom. The van der Waals surface area contributed by atoms with Crippen LogP contribution >= 0.6 is 23.2 Å². The number of rotatable bonds is 3. The summed E-state index contributed by atoms with van der Waals surface area (Å²) in [5, 5.41) is 11.2. The molecule has 0 bridgehead atoms. The molecule has 2 atom stereocenters. The van der Waals surface area contributed by atoms with Crippen LogP contribution < -0.4 is 21.5 Å². The van der Waals surface area contributed by atoms with E-state index in [1.165, 1.54) is 0 Å². The van der Waals surface area contributed by atoms with Gasteiger partial charge in [0.05, 0.1) is 28.4 Å². The fourth-order valence-electron chi connectivity index (χ4n) is 4.79. The molecule has 5 rings (SSSR count). The maximum atomic E-state index is 13.2. The molecular formula is C21H25Cl2N7O2. The predicted molar refractivity (Wildman–Crippen MR) is 126 cm³/mol. The SMILES string of the molecule is C[C@@H]1OCC2(CCN(c3nc4n[nH]c(Nc5cccc(Cl)c5Cl)c4n(C)c3=O)CC2)[C@@H]1N. The van der Waals surface area contributed by atoms with Gasteiger partial charge in [0.2, 0.25) is 5.65 Å². The highest BCUT2D eigenvalue weighted by Gasteiger charge is 2.47. The number of benzene rings is 1. The van der Waals surface area contributed by atoms with Gasteiger partial charge in [-0.25, -0.2) is 4.98 Å². The zero-order chi connectivity index (χ0) is 22.6. The van der Waals surface area contributed by atoms with Crippen molar-refractivity contribution in [2.24, 2.45) is 18.2 Å². The summed E-state index contributed by atoms with van der Waals surface area (Å²) < 4.78 is 7.36. The van der Waals surface area contributed by atoms with E-state index in [1.807, 2.05) is 11.8 Å². The first-order valence-electron chi connectivity index (χ1n) is 10.6. The van der Waals surface area contributed by atoms with Crippen molar-refractivity contribution in [3.05, 3.63) is 38.6 Å². The topological polar surface area (TPSA) is 114 Å². The van der Waals surface area contributed by atoms with E-state index in [1.54, 1.807) is 29.8 Å². The third-order valence-electron chi connectivity index (χ3n) is 6.88. The van der Waals surface area contributed by atoms with Crippen molar-refractivity contribution in [3.8, 4) is 0 Å². The normalized spacial score (nSPS) is 22.7. The van der Waals surface area contributed by atoms with Crippen LogP contribution in [-0.4, -0.2) is 51.6 Å². The van der Waals surface area contributed by atoms with Gasteiger partial charge in [-0.3, -0.25) is 9.89 Å². The summed E-state index contributed by atoms with van der Waals surface area (Å²) in [4.78, 5) is 19.9. The number of nitrogens with two attached hydrogens (primary N) is 1. The van der Waals surface area contributed by atoms with Gasteiger partial charge in [0, 0.05) is 31.6 Å². The van der Waals surface area contributed by atoms with Crippen molar-refractivity contribution >= 4 is 51.7 Å². The maximum Gasteiger partial charge on any atom is 0.293 e. The molecule has 9 nitrogen and oxygen atoms in total. The number of halogens is 2. The van der Waals surface area contributed by atoms with Gasteiger partial charge in [-0.1, -0.05) is 29.3 Å². The van der Waals surface area contributed by atoms with Crippen molar-refractivity contribution in [3.63, 3.8) is 0 Å². The number of H-pyrrole nitrogens is 1. The Morgan fingerprint density at radius 2 is 2.06 bits per heavy atom. The molecule has 2 saturated heterocycles. The number of ether oxygens (including phenoxy) is 1. The maximum absolute atomic E-state index is 13.2. The average Bonchev–Trinajstić information content (AvgIpc) is 3.31. The molecule has 0 amide bonds. The summed E-state index contributed by atoms with van der Waals surface area (Å²) in [6.45, 7) is 4.10. The lowest BCUT2D eigenvalue weighted by atomic mass is 9.73. The number of hydrogen-bond donors (Lipinski definition) is 3. The molecule has 32 heavy (non-hydrogen) atoms. The van der Waals surface area contributed by atoms with E-state index in [-0.39, 0.29) is 23.1 Å². The molecule has 0 saturated carbocycles. The van der Waals surface area contributed by atoms with Crippen molar-refractivity contribution in [1.82, 2.24) is 19.7 Å². The van der Waals surface area contributed by atoms with Gasteiger partial charge in [0.1, 0.15) is 5.52 Å². The monoisotopic (exact) mass is 477 g/mol. The summed E-state index contributed by atoms with van der Waals surface area (Å²) in [5.41, 5.74) is 7.82. The molecule has 1 aromatic carbocycles. The van der Waals surface area contributed by atoms with Crippen molar-refractivity contribution < 1.29 is 4.74 Å². The third kappa shape index (κ3) is 3.35. The Bertz CT molecular complexity index is 1230. The van der Waals surface area contributed by atoms with E-state index in [2.05, 4.69) is 20.5 Å². The highest BCUT2D eigenvalue weighted by Crippen LogP contribution is 2.41. The van der Waals surface area contributed by atoms with E-state index in [4.69, 9.17) is 33.7 Å². The molecule has 2 fully saturated rings. The van der Waals surface area contributed by atoms with Gasteiger partial charge in [-0.05, 0) is 31.9 Å². The smallest absolute Gasteiger partial charge is 0.293 e. The van der Waals surface area contributed by atoms with Crippen LogP contribution in [0.25, 0.3) is 11.2 Å². The number of nitrogens with one attached hydrogen (secondary N) is 2. The predicted octanol–water partition coefficient (Wildman–Crippen LogP) is 3.04. The van der Waals surface area contributed by atoms with Gasteiger partial charge >= 0.3 is 0 Å². The fraction of sp³-hybridized carbons (Fsp3) is 0.476. The minimum Gasteiger partial charge on any atom is -0.376 e. The van der Waals surface area contributed by atoms with E-state index < -0.39 is 0 Å². The van der Waals surface area contributed by atoms with Crippen LogP contribution in [0.15, 0.2) is 23.0 Å². The molecule has 4 N–H and O–H groups in total. The zero-order valence-corrected chi connectivity index (χ0v) is 19.4. The largest absolute Gasteiger partial charge is 0.376 e.